The van der Waals surface area contributed by atoms with Gasteiger partial charge in [0.15, 0.2) is 0 Å². The summed E-state index contributed by atoms with van der Waals surface area (Å²) in [5.74, 6) is 2.11. The fourth-order valence-electron chi connectivity index (χ4n) is 1.14. The van der Waals surface area contributed by atoms with Gasteiger partial charge < -0.3 is 10.1 Å². The molecule has 96 valence electrons. The van der Waals surface area contributed by atoms with Crippen LogP contribution in [0.15, 0.2) is 0 Å². The Balaban J connectivity index is 3.59. The number of nitrogens with one attached hydrogen (secondary N) is 1. The molecule has 3 nitrogen and oxygen atoms in total. The van der Waals surface area contributed by atoms with E-state index in [0.717, 1.165) is 17.9 Å². The van der Waals surface area contributed by atoms with Gasteiger partial charge in [-0.15, -0.1) is 0 Å². The smallest absolute Gasteiger partial charge is 0.320 e. The molecule has 16 heavy (non-hydrogen) atoms. The minimum absolute atomic E-state index is 0.178. The van der Waals surface area contributed by atoms with Gasteiger partial charge in [-0.05, 0) is 45.6 Å². The van der Waals surface area contributed by atoms with Gasteiger partial charge in [0.25, 0.3) is 0 Å². The Kier molecular flexibility index (Phi) is 7.85. The van der Waals surface area contributed by atoms with E-state index in [1.165, 1.54) is 0 Å². The first-order chi connectivity index (χ1) is 7.35. The maximum absolute atomic E-state index is 11.4. The van der Waals surface area contributed by atoms with Crippen molar-refractivity contribution in [3.05, 3.63) is 0 Å². The molecular formula is C12H25NO2S. The maximum Gasteiger partial charge on any atom is 0.320 e. The number of rotatable bonds is 7. The molecule has 0 spiro atoms. The minimum Gasteiger partial charge on any atom is -0.459 e. The van der Waals surface area contributed by atoms with Crippen molar-refractivity contribution in [1.29, 1.82) is 0 Å². The average Bonchev–Trinajstić information content (AvgIpc) is 2.12. The molecule has 1 atom stereocenters. The molecule has 0 fully saturated rings. The highest BCUT2D eigenvalue weighted by Gasteiger charge is 2.16. The number of carbonyl (C=O) groups excluding carboxylic acids is 1. The molecule has 0 aliphatic carbocycles. The molecule has 0 radical (unpaired) electrons. The highest BCUT2D eigenvalue weighted by atomic mass is 32.2. The Morgan fingerprint density at radius 2 is 2.06 bits per heavy atom. The van der Waals surface area contributed by atoms with Crippen molar-refractivity contribution in [2.24, 2.45) is 0 Å². The first kappa shape index (κ1) is 15.8. The maximum atomic E-state index is 11.4. The van der Waals surface area contributed by atoms with Gasteiger partial charge in [-0.25, -0.2) is 0 Å². The van der Waals surface area contributed by atoms with Crippen LogP contribution in [0.4, 0.5) is 0 Å². The van der Waals surface area contributed by atoms with E-state index in [9.17, 15) is 4.79 Å². The van der Waals surface area contributed by atoms with Crippen LogP contribution in [0.5, 0.6) is 0 Å². The monoisotopic (exact) mass is 247 g/mol. The molecular weight excluding hydrogens is 222 g/mol. The van der Waals surface area contributed by atoms with Crippen LogP contribution in [-0.2, 0) is 9.53 Å². The molecule has 0 aliphatic rings. The number of hydrogen-bond acceptors (Lipinski definition) is 4. The Morgan fingerprint density at radius 1 is 1.44 bits per heavy atom. The number of hydrogen-bond donors (Lipinski definition) is 1. The first-order valence-electron chi connectivity index (χ1n) is 5.88. The van der Waals surface area contributed by atoms with Crippen molar-refractivity contribution in [1.82, 2.24) is 5.32 Å². The normalized spacial score (nSPS) is 13.6. The second kappa shape index (κ2) is 7.96. The summed E-state index contributed by atoms with van der Waals surface area (Å²) in [6.07, 6.45) is 1.08. The molecule has 0 amide bonds. The van der Waals surface area contributed by atoms with E-state index in [-0.39, 0.29) is 11.6 Å². The van der Waals surface area contributed by atoms with Crippen molar-refractivity contribution in [2.75, 3.05) is 18.1 Å². The molecule has 0 aromatic heterocycles. The van der Waals surface area contributed by atoms with E-state index in [1.807, 2.05) is 32.5 Å². The molecule has 0 heterocycles. The van der Waals surface area contributed by atoms with E-state index < -0.39 is 0 Å². The van der Waals surface area contributed by atoms with Crippen LogP contribution in [0.3, 0.4) is 0 Å². The predicted octanol–water partition coefficient (Wildman–Crippen LogP) is 2.45. The van der Waals surface area contributed by atoms with Crippen molar-refractivity contribution >= 4 is 17.7 Å². The van der Waals surface area contributed by atoms with Gasteiger partial charge >= 0.3 is 5.97 Å². The average molecular weight is 247 g/mol. The van der Waals surface area contributed by atoms with E-state index in [2.05, 4.69) is 19.2 Å². The molecule has 0 bridgehead atoms. The van der Waals surface area contributed by atoms with Gasteiger partial charge in [0.05, 0.1) is 6.54 Å². The van der Waals surface area contributed by atoms with Gasteiger partial charge in [0.1, 0.15) is 5.60 Å². The fourth-order valence-corrected chi connectivity index (χ4v) is 1.95. The highest BCUT2D eigenvalue weighted by Crippen LogP contribution is 2.07. The second-order valence-electron chi connectivity index (χ2n) is 4.85. The molecule has 0 saturated heterocycles. The van der Waals surface area contributed by atoms with Gasteiger partial charge in [-0.3, -0.25) is 4.79 Å². The Morgan fingerprint density at radius 3 is 2.56 bits per heavy atom. The first-order valence-corrected chi connectivity index (χ1v) is 7.03. The van der Waals surface area contributed by atoms with Crippen LogP contribution in [0.25, 0.3) is 0 Å². The summed E-state index contributed by atoms with van der Waals surface area (Å²) in [6.45, 7) is 10.2. The Labute approximate surface area is 104 Å². The molecule has 0 saturated carbocycles. The molecule has 1 unspecified atom stereocenters. The standard InChI is InChI=1S/C12H25NO2S/c1-6-16-8-7-10(2)13-9-11(14)15-12(3,4)5/h10,13H,6-9H2,1-5H3. The topological polar surface area (TPSA) is 38.3 Å². The second-order valence-corrected chi connectivity index (χ2v) is 6.25. The van der Waals surface area contributed by atoms with Gasteiger partial charge in [0.2, 0.25) is 0 Å². The number of ether oxygens (including phenoxy) is 1. The minimum atomic E-state index is -0.389. The summed E-state index contributed by atoms with van der Waals surface area (Å²) in [5.41, 5.74) is -0.389. The molecule has 4 heteroatoms. The lowest BCUT2D eigenvalue weighted by Gasteiger charge is -2.20. The lowest BCUT2D eigenvalue weighted by molar-refractivity contribution is -0.153. The van der Waals surface area contributed by atoms with Crippen LogP contribution < -0.4 is 5.32 Å². The number of esters is 1. The Bertz CT molecular complexity index is 202. The van der Waals surface area contributed by atoms with Crippen LogP contribution >= 0.6 is 11.8 Å². The number of thioether (sulfide) groups is 1. The van der Waals surface area contributed by atoms with E-state index in [4.69, 9.17) is 4.74 Å². The zero-order valence-corrected chi connectivity index (χ0v) is 11.9. The summed E-state index contributed by atoms with van der Waals surface area (Å²) in [6, 6.07) is 0.367. The van der Waals surface area contributed by atoms with Gasteiger partial charge in [-0.2, -0.15) is 11.8 Å². The summed E-state index contributed by atoms with van der Waals surface area (Å²) >= 11 is 1.92. The quantitative estimate of drug-likeness (QED) is 0.554. The zero-order chi connectivity index (χ0) is 12.6. The van der Waals surface area contributed by atoms with Crippen LogP contribution in [0.1, 0.15) is 41.0 Å². The molecule has 1 N–H and O–H groups in total. The van der Waals surface area contributed by atoms with Crippen molar-refractivity contribution < 1.29 is 9.53 Å². The summed E-state index contributed by atoms with van der Waals surface area (Å²) < 4.78 is 5.21. The Hall–Kier alpha value is -0.220. The summed E-state index contributed by atoms with van der Waals surface area (Å²) in [5, 5.41) is 3.18. The number of carbonyl (C=O) groups is 1. The van der Waals surface area contributed by atoms with Crippen molar-refractivity contribution in [2.45, 2.75) is 52.7 Å². The SMILES string of the molecule is CCSCCC(C)NCC(=O)OC(C)(C)C. The van der Waals surface area contributed by atoms with Crippen molar-refractivity contribution in [3.8, 4) is 0 Å². The van der Waals surface area contributed by atoms with E-state index in [0.29, 0.717) is 12.6 Å². The highest BCUT2D eigenvalue weighted by molar-refractivity contribution is 7.99. The van der Waals surface area contributed by atoms with Gasteiger partial charge in [0, 0.05) is 6.04 Å². The van der Waals surface area contributed by atoms with E-state index >= 15 is 0 Å². The van der Waals surface area contributed by atoms with Crippen molar-refractivity contribution in [3.63, 3.8) is 0 Å². The van der Waals surface area contributed by atoms with E-state index in [1.54, 1.807) is 0 Å². The van der Waals surface area contributed by atoms with Crippen LogP contribution in [0.2, 0.25) is 0 Å². The van der Waals surface area contributed by atoms with Crippen LogP contribution in [0, 0.1) is 0 Å². The van der Waals surface area contributed by atoms with Crippen LogP contribution in [-0.4, -0.2) is 35.7 Å². The molecule has 0 aliphatic heterocycles. The summed E-state index contributed by atoms with van der Waals surface area (Å²) in [7, 11) is 0. The lowest BCUT2D eigenvalue weighted by Crippen LogP contribution is -2.36. The van der Waals surface area contributed by atoms with Gasteiger partial charge in [-0.1, -0.05) is 6.92 Å². The molecule has 0 rings (SSSR count). The third kappa shape index (κ3) is 10.3. The molecule has 0 aromatic carbocycles. The third-order valence-corrected chi connectivity index (χ3v) is 2.85. The largest absolute Gasteiger partial charge is 0.459 e. The lowest BCUT2D eigenvalue weighted by atomic mass is 10.2. The third-order valence-electron chi connectivity index (χ3n) is 1.91. The fraction of sp³-hybridized carbons (Fsp3) is 0.917. The summed E-state index contributed by atoms with van der Waals surface area (Å²) in [4.78, 5) is 11.4. The predicted molar refractivity (Wildman–Crippen MR) is 70.9 cm³/mol. The zero-order valence-electron chi connectivity index (χ0n) is 11.1. The molecule has 0 aromatic rings.